The number of esters is 2. The number of benzene rings is 1. The van der Waals surface area contributed by atoms with Gasteiger partial charge in [-0.05, 0) is 51.8 Å². The number of nitrogens with zero attached hydrogens (tertiary/aromatic N) is 2. The molecule has 2 heterocycles. The highest BCUT2D eigenvalue weighted by Gasteiger charge is 2.47. The minimum atomic E-state index is -0.726. The van der Waals surface area contributed by atoms with Gasteiger partial charge >= 0.3 is 11.9 Å². The summed E-state index contributed by atoms with van der Waals surface area (Å²) in [5, 5.41) is 0.295. The van der Waals surface area contributed by atoms with E-state index in [1.807, 2.05) is 13.8 Å². The molecule has 9 heteroatoms. The lowest BCUT2D eigenvalue weighted by Crippen LogP contribution is -2.41. The first-order valence-corrected chi connectivity index (χ1v) is 11.5. The largest absolute Gasteiger partial charge is 0.490 e. The number of carbonyl (C=O) groups excluding carboxylic acids is 3. The van der Waals surface area contributed by atoms with Crippen LogP contribution in [-0.4, -0.2) is 45.9 Å². The summed E-state index contributed by atoms with van der Waals surface area (Å²) in [4.78, 5) is 43.9. The maximum atomic E-state index is 13.2. The van der Waals surface area contributed by atoms with Crippen molar-refractivity contribution in [1.29, 1.82) is 0 Å². The first-order chi connectivity index (χ1) is 15.2. The minimum Gasteiger partial charge on any atom is -0.490 e. The second-order valence-corrected chi connectivity index (χ2v) is 8.88. The topological polar surface area (TPSA) is 94.5 Å². The van der Waals surface area contributed by atoms with Crippen molar-refractivity contribution in [2.75, 3.05) is 6.61 Å². The molecule has 2 aliphatic rings. The van der Waals surface area contributed by atoms with Gasteiger partial charge in [-0.15, -0.1) is 0 Å². The SMILES string of the molecule is CCOc1cc(C2C(C(=O)OC(C)C)=C(C)N=C3SC(CC)C(=O)N32)ccc1OC(C)=O. The lowest BCUT2D eigenvalue weighted by atomic mass is 9.93. The van der Waals surface area contributed by atoms with E-state index in [1.165, 1.54) is 18.7 Å². The Hall–Kier alpha value is -2.81. The van der Waals surface area contributed by atoms with Gasteiger partial charge in [0.15, 0.2) is 16.7 Å². The first-order valence-electron chi connectivity index (χ1n) is 10.6. The molecule has 1 aromatic carbocycles. The number of fused-ring (bicyclic) bond motifs is 1. The summed E-state index contributed by atoms with van der Waals surface area (Å²) in [6, 6.07) is 4.30. The number of rotatable bonds is 7. The third-order valence-corrected chi connectivity index (χ3v) is 6.24. The summed E-state index contributed by atoms with van der Waals surface area (Å²) in [5.74, 6) is -0.478. The van der Waals surface area contributed by atoms with E-state index in [4.69, 9.17) is 14.2 Å². The van der Waals surface area contributed by atoms with Crippen LogP contribution in [0.25, 0.3) is 0 Å². The molecule has 0 saturated carbocycles. The zero-order chi connectivity index (χ0) is 23.6. The van der Waals surface area contributed by atoms with Crippen LogP contribution in [0.1, 0.15) is 59.6 Å². The molecule has 3 rings (SSSR count). The number of hydrogen-bond donors (Lipinski definition) is 0. The number of amides is 1. The molecule has 0 N–H and O–H groups in total. The van der Waals surface area contributed by atoms with Crippen LogP contribution < -0.4 is 9.47 Å². The number of aliphatic imine (C=N–C) groups is 1. The zero-order valence-corrected chi connectivity index (χ0v) is 19.9. The maximum Gasteiger partial charge on any atom is 0.338 e. The normalized spacial score (nSPS) is 20.3. The Labute approximate surface area is 192 Å². The first kappa shape index (κ1) is 23.8. The molecule has 0 spiro atoms. The average molecular weight is 461 g/mol. The third kappa shape index (κ3) is 4.67. The Morgan fingerprint density at radius 1 is 1.22 bits per heavy atom. The standard InChI is InChI=1S/C23H28N2O6S/c1-7-18-21(27)25-20(15-9-10-16(31-14(6)26)17(11-15)29-8-2)19(22(28)30-12(3)4)13(5)24-23(25)32-18/h9-12,18,20H,7-8H2,1-6H3. The van der Waals surface area contributed by atoms with E-state index in [0.29, 0.717) is 40.8 Å². The Morgan fingerprint density at radius 3 is 2.53 bits per heavy atom. The fourth-order valence-corrected chi connectivity index (χ4v) is 4.78. The molecule has 0 radical (unpaired) electrons. The molecule has 2 unspecified atom stereocenters. The monoisotopic (exact) mass is 460 g/mol. The predicted octanol–water partition coefficient (Wildman–Crippen LogP) is 4.00. The average Bonchev–Trinajstić information content (AvgIpc) is 3.02. The zero-order valence-electron chi connectivity index (χ0n) is 19.1. The van der Waals surface area contributed by atoms with Gasteiger partial charge in [0, 0.05) is 6.92 Å². The molecule has 2 atom stereocenters. The molecule has 32 heavy (non-hydrogen) atoms. The summed E-state index contributed by atoms with van der Waals surface area (Å²) in [6.07, 6.45) is 0.317. The molecule has 8 nitrogen and oxygen atoms in total. The summed E-state index contributed by atoms with van der Waals surface area (Å²) in [7, 11) is 0. The highest BCUT2D eigenvalue weighted by atomic mass is 32.2. The van der Waals surface area contributed by atoms with E-state index < -0.39 is 18.0 Å². The molecule has 1 saturated heterocycles. The number of thioether (sulfide) groups is 1. The molecule has 0 aliphatic carbocycles. The van der Waals surface area contributed by atoms with E-state index in [2.05, 4.69) is 4.99 Å². The molecule has 1 amide bonds. The smallest absolute Gasteiger partial charge is 0.338 e. The van der Waals surface area contributed by atoms with Crippen molar-refractivity contribution in [1.82, 2.24) is 4.90 Å². The lowest BCUT2D eigenvalue weighted by molar-refractivity contribution is -0.143. The minimum absolute atomic E-state index is 0.106. The fraction of sp³-hybridized carbons (Fsp3) is 0.478. The van der Waals surface area contributed by atoms with Crippen LogP contribution in [0, 0.1) is 0 Å². The van der Waals surface area contributed by atoms with Crippen LogP contribution in [0.15, 0.2) is 34.5 Å². The number of allylic oxidation sites excluding steroid dienone is 1. The third-order valence-electron chi connectivity index (χ3n) is 4.92. The van der Waals surface area contributed by atoms with Crippen molar-refractivity contribution in [2.45, 2.75) is 65.4 Å². The molecule has 1 aromatic rings. The van der Waals surface area contributed by atoms with Gasteiger partial charge in [-0.25, -0.2) is 9.79 Å². The molecule has 172 valence electrons. The van der Waals surface area contributed by atoms with Crippen LogP contribution in [-0.2, 0) is 19.1 Å². The van der Waals surface area contributed by atoms with Crippen LogP contribution in [0.2, 0.25) is 0 Å². The van der Waals surface area contributed by atoms with Crippen LogP contribution in [0.5, 0.6) is 11.5 Å². The maximum absolute atomic E-state index is 13.2. The van der Waals surface area contributed by atoms with E-state index >= 15 is 0 Å². The fourth-order valence-electron chi connectivity index (χ4n) is 3.65. The molecule has 0 bridgehead atoms. The number of hydrogen-bond acceptors (Lipinski definition) is 8. The van der Waals surface area contributed by atoms with Crippen molar-refractivity contribution in [3.05, 3.63) is 35.0 Å². The van der Waals surface area contributed by atoms with Crippen molar-refractivity contribution < 1.29 is 28.6 Å². The van der Waals surface area contributed by atoms with Crippen LogP contribution >= 0.6 is 11.8 Å². The Bertz CT molecular complexity index is 1000. The number of carbonyl (C=O) groups is 3. The highest BCUT2D eigenvalue weighted by Crippen LogP contribution is 2.45. The van der Waals surface area contributed by atoms with Crippen molar-refractivity contribution in [3.8, 4) is 11.5 Å². The van der Waals surface area contributed by atoms with Crippen LogP contribution in [0.4, 0.5) is 0 Å². The van der Waals surface area contributed by atoms with E-state index in [0.717, 1.165) is 0 Å². The Kier molecular flexibility index (Phi) is 7.28. The van der Waals surface area contributed by atoms with Crippen molar-refractivity contribution >= 4 is 34.8 Å². The number of amidine groups is 1. The van der Waals surface area contributed by atoms with Gasteiger partial charge in [0.2, 0.25) is 5.91 Å². The summed E-state index contributed by atoms with van der Waals surface area (Å²) in [5.41, 5.74) is 1.44. The Balaban J connectivity index is 2.15. The van der Waals surface area contributed by atoms with Gasteiger partial charge in [-0.1, -0.05) is 24.8 Å². The number of ether oxygens (including phenoxy) is 3. The van der Waals surface area contributed by atoms with Gasteiger partial charge in [-0.2, -0.15) is 0 Å². The quantitative estimate of drug-likeness (QED) is 0.448. The molecule has 1 fully saturated rings. The predicted molar refractivity (Wildman–Crippen MR) is 122 cm³/mol. The molecular weight excluding hydrogens is 432 g/mol. The van der Waals surface area contributed by atoms with Gasteiger partial charge in [0.1, 0.15) is 0 Å². The highest BCUT2D eigenvalue weighted by molar-refractivity contribution is 8.15. The Morgan fingerprint density at radius 2 is 1.94 bits per heavy atom. The van der Waals surface area contributed by atoms with E-state index in [1.54, 1.807) is 43.9 Å². The van der Waals surface area contributed by atoms with Gasteiger partial charge < -0.3 is 14.2 Å². The van der Waals surface area contributed by atoms with Gasteiger partial charge in [-0.3, -0.25) is 14.5 Å². The molecule has 0 aromatic heterocycles. The molecular formula is C23H28N2O6S. The van der Waals surface area contributed by atoms with Crippen LogP contribution in [0.3, 0.4) is 0 Å². The molecule has 2 aliphatic heterocycles. The second-order valence-electron chi connectivity index (χ2n) is 7.71. The summed E-state index contributed by atoms with van der Waals surface area (Å²) >= 11 is 1.40. The lowest BCUT2D eigenvalue weighted by Gasteiger charge is -2.33. The van der Waals surface area contributed by atoms with E-state index in [9.17, 15) is 14.4 Å². The summed E-state index contributed by atoms with van der Waals surface area (Å²) in [6.45, 7) is 10.7. The summed E-state index contributed by atoms with van der Waals surface area (Å²) < 4.78 is 16.4. The van der Waals surface area contributed by atoms with Gasteiger partial charge in [0.25, 0.3) is 0 Å². The second kappa shape index (κ2) is 9.77. The van der Waals surface area contributed by atoms with E-state index in [-0.39, 0.29) is 23.0 Å². The van der Waals surface area contributed by atoms with Crippen molar-refractivity contribution in [3.63, 3.8) is 0 Å². The van der Waals surface area contributed by atoms with Crippen molar-refractivity contribution in [2.24, 2.45) is 4.99 Å². The van der Waals surface area contributed by atoms with Gasteiger partial charge in [0.05, 0.1) is 35.3 Å².